The zero-order chi connectivity index (χ0) is 13.8. The number of aryl methyl sites for hydroxylation is 1. The summed E-state index contributed by atoms with van der Waals surface area (Å²) in [4.78, 5) is 11.0. The van der Waals surface area contributed by atoms with Crippen LogP contribution in [0.5, 0.6) is 0 Å². The molecule has 5 nitrogen and oxygen atoms in total. The zero-order valence-corrected chi connectivity index (χ0v) is 11.6. The topological polar surface area (TPSA) is 53.1 Å². The average Bonchev–Trinajstić information content (AvgIpc) is 2.51. The largest absolute Gasteiger partial charge is 0.354 e. The number of nitrogens with one attached hydrogen (secondary N) is 2. The highest BCUT2D eigenvalue weighted by Gasteiger charge is 2.12. The second-order valence-corrected chi connectivity index (χ2v) is 4.94. The number of piperazine rings is 1. The maximum absolute atomic E-state index is 4.37. The molecular formula is C15H19N5. The molecule has 20 heavy (non-hydrogen) atoms. The minimum atomic E-state index is 0.836. The summed E-state index contributed by atoms with van der Waals surface area (Å²) in [6.07, 6.45) is 1.62. The van der Waals surface area contributed by atoms with Crippen LogP contribution in [0.3, 0.4) is 0 Å². The molecule has 5 heteroatoms. The van der Waals surface area contributed by atoms with Crippen LogP contribution in [0.25, 0.3) is 0 Å². The lowest BCUT2D eigenvalue weighted by molar-refractivity contribution is 0.584. The van der Waals surface area contributed by atoms with Crippen LogP contribution >= 0.6 is 0 Å². The predicted octanol–water partition coefficient (Wildman–Crippen LogP) is 1.94. The maximum Gasteiger partial charge on any atom is 0.135 e. The number of anilines is 3. The minimum Gasteiger partial charge on any atom is -0.354 e. The number of hydrogen-bond donors (Lipinski definition) is 2. The number of para-hydroxylation sites is 1. The summed E-state index contributed by atoms with van der Waals surface area (Å²) in [6.45, 7) is 6.07. The number of benzene rings is 1. The van der Waals surface area contributed by atoms with Crippen molar-refractivity contribution in [3.63, 3.8) is 0 Å². The third-order valence-corrected chi connectivity index (χ3v) is 3.50. The van der Waals surface area contributed by atoms with Crippen LogP contribution in [-0.4, -0.2) is 36.1 Å². The summed E-state index contributed by atoms with van der Waals surface area (Å²) in [5.74, 6) is 1.82. The highest BCUT2D eigenvalue weighted by atomic mass is 15.2. The number of aromatic nitrogens is 2. The van der Waals surface area contributed by atoms with Crippen molar-refractivity contribution in [2.45, 2.75) is 6.92 Å². The van der Waals surface area contributed by atoms with Crippen molar-refractivity contribution < 1.29 is 0 Å². The quantitative estimate of drug-likeness (QED) is 0.892. The lowest BCUT2D eigenvalue weighted by Crippen LogP contribution is -2.43. The fourth-order valence-electron chi connectivity index (χ4n) is 2.33. The van der Waals surface area contributed by atoms with Gasteiger partial charge in [0.25, 0.3) is 0 Å². The Morgan fingerprint density at radius 1 is 1.15 bits per heavy atom. The van der Waals surface area contributed by atoms with E-state index in [-0.39, 0.29) is 0 Å². The molecule has 1 aliphatic heterocycles. The molecule has 3 rings (SSSR count). The van der Waals surface area contributed by atoms with Crippen molar-refractivity contribution in [3.05, 3.63) is 42.2 Å². The van der Waals surface area contributed by atoms with Gasteiger partial charge in [-0.25, -0.2) is 9.97 Å². The fraction of sp³-hybridized carbons (Fsp3) is 0.333. The molecule has 1 saturated heterocycles. The van der Waals surface area contributed by atoms with E-state index in [4.69, 9.17) is 0 Å². The Hall–Kier alpha value is -2.14. The van der Waals surface area contributed by atoms with Gasteiger partial charge in [-0.05, 0) is 18.6 Å². The molecule has 0 spiro atoms. The first-order valence-electron chi connectivity index (χ1n) is 6.93. The van der Waals surface area contributed by atoms with Gasteiger partial charge < -0.3 is 15.5 Å². The van der Waals surface area contributed by atoms with Crippen LogP contribution in [0.1, 0.15) is 5.56 Å². The predicted molar refractivity (Wildman–Crippen MR) is 81.6 cm³/mol. The van der Waals surface area contributed by atoms with E-state index in [1.165, 1.54) is 5.56 Å². The van der Waals surface area contributed by atoms with E-state index in [9.17, 15) is 0 Å². The fourth-order valence-corrected chi connectivity index (χ4v) is 2.33. The SMILES string of the molecule is Cc1ccccc1Nc1cc(N2CCNCC2)ncn1. The standard InChI is InChI=1S/C15H19N5/c1-12-4-2-3-5-13(12)19-14-10-15(18-11-17-14)20-8-6-16-7-9-20/h2-5,10-11,16H,6-9H2,1H3,(H,17,18,19). The van der Waals surface area contributed by atoms with Crippen LogP contribution < -0.4 is 15.5 Å². The Morgan fingerprint density at radius 2 is 1.95 bits per heavy atom. The molecule has 0 radical (unpaired) electrons. The molecule has 0 saturated carbocycles. The first-order chi connectivity index (χ1) is 9.83. The van der Waals surface area contributed by atoms with Gasteiger partial charge in [0, 0.05) is 37.9 Å². The molecule has 0 bridgehead atoms. The lowest BCUT2D eigenvalue weighted by Gasteiger charge is -2.28. The molecule has 2 aromatic rings. The highest BCUT2D eigenvalue weighted by molar-refractivity contribution is 5.62. The van der Waals surface area contributed by atoms with Crippen LogP contribution in [0, 0.1) is 6.92 Å². The second-order valence-electron chi connectivity index (χ2n) is 4.94. The smallest absolute Gasteiger partial charge is 0.135 e. The molecule has 0 aliphatic carbocycles. The maximum atomic E-state index is 4.37. The lowest BCUT2D eigenvalue weighted by atomic mass is 10.2. The zero-order valence-electron chi connectivity index (χ0n) is 11.6. The summed E-state index contributed by atoms with van der Waals surface area (Å²) in [7, 11) is 0. The average molecular weight is 269 g/mol. The van der Waals surface area contributed by atoms with Crippen molar-refractivity contribution >= 4 is 17.3 Å². The van der Waals surface area contributed by atoms with E-state index < -0.39 is 0 Å². The summed E-state index contributed by atoms with van der Waals surface area (Å²) < 4.78 is 0. The Balaban J connectivity index is 1.79. The first kappa shape index (κ1) is 12.9. The van der Waals surface area contributed by atoms with Crippen molar-refractivity contribution in [2.24, 2.45) is 0 Å². The van der Waals surface area contributed by atoms with E-state index in [1.807, 2.05) is 18.2 Å². The van der Waals surface area contributed by atoms with E-state index in [0.29, 0.717) is 0 Å². The first-order valence-corrected chi connectivity index (χ1v) is 6.93. The monoisotopic (exact) mass is 269 g/mol. The minimum absolute atomic E-state index is 0.836. The van der Waals surface area contributed by atoms with E-state index >= 15 is 0 Å². The molecule has 0 amide bonds. The molecule has 0 atom stereocenters. The summed E-state index contributed by atoms with van der Waals surface area (Å²) >= 11 is 0. The third-order valence-electron chi connectivity index (χ3n) is 3.50. The summed E-state index contributed by atoms with van der Waals surface area (Å²) in [6, 6.07) is 10.2. The molecule has 1 fully saturated rings. The van der Waals surface area contributed by atoms with Gasteiger partial charge in [0.15, 0.2) is 0 Å². The number of nitrogens with zero attached hydrogens (tertiary/aromatic N) is 3. The normalized spacial score (nSPS) is 15.2. The second kappa shape index (κ2) is 5.88. The van der Waals surface area contributed by atoms with Gasteiger partial charge in [0.05, 0.1) is 0 Å². The molecular weight excluding hydrogens is 250 g/mol. The molecule has 2 heterocycles. The Bertz CT molecular complexity index is 578. The Morgan fingerprint density at radius 3 is 2.75 bits per heavy atom. The number of hydrogen-bond acceptors (Lipinski definition) is 5. The third kappa shape index (κ3) is 2.88. The van der Waals surface area contributed by atoms with Gasteiger partial charge in [-0.2, -0.15) is 0 Å². The molecule has 104 valence electrons. The van der Waals surface area contributed by atoms with Crippen LogP contribution in [0.4, 0.5) is 17.3 Å². The van der Waals surface area contributed by atoms with Gasteiger partial charge in [0.1, 0.15) is 18.0 Å². The van der Waals surface area contributed by atoms with Gasteiger partial charge in [0.2, 0.25) is 0 Å². The summed E-state index contributed by atoms with van der Waals surface area (Å²) in [5.41, 5.74) is 2.28. The van der Waals surface area contributed by atoms with E-state index in [1.54, 1.807) is 6.33 Å². The highest BCUT2D eigenvalue weighted by Crippen LogP contribution is 2.21. The van der Waals surface area contributed by atoms with Gasteiger partial charge in [-0.3, -0.25) is 0 Å². The van der Waals surface area contributed by atoms with Crippen LogP contribution in [0.15, 0.2) is 36.7 Å². The Labute approximate surface area is 119 Å². The molecule has 0 unspecified atom stereocenters. The van der Waals surface area contributed by atoms with Crippen molar-refractivity contribution in [1.82, 2.24) is 15.3 Å². The number of rotatable bonds is 3. The van der Waals surface area contributed by atoms with Crippen LogP contribution in [0.2, 0.25) is 0 Å². The molecule has 2 N–H and O–H groups in total. The molecule has 1 aromatic heterocycles. The molecule has 1 aromatic carbocycles. The van der Waals surface area contributed by atoms with E-state index in [2.05, 4.69) is 44.6 Å². The van der Waals surface area contributed by atoms with Crippen molar-refractivity contribution in [3.8, 4) is 0 Å². The molecule has 1 aliphatic rings. The van der Waals surface area contributed by atoms with Gasteiger partial charge in [-0.1, -0.05) is 18.2 Å². The van der Waals surface area contributed by atoms with Gasteiger partial charge >= 0.3 is 0 Å². The van der Waals surface area contributed by atoms with Gasteiger partial charge in [-0.15, -0.1) is 0 Å². The Kier molecular flexibility index (Phi) is 3.78. The van der Waals surface area contributed by atoms with Crippen molar-refractivity contribution in [2.75, 3.05) is 36.4 Å². The van der Waals surface area contributed by atoms with Crippen molar-refractivity contribution in [1.29, 1.82) is 0 Å². The van der Waals surface area contributed by atoms with E-state index in [0.717, 1.165) is 43.5 Å². The summed E-state index contributed by atoms with van der Waals surface area (Å²) in [5, 5.41) is 6.70. The van der Waals surface area contributed by atoms with Crippen LogP contribution in [-0.2, 0) is 0 Å².